The zero-order chi connectivity index (χ0) is 12.3. The standard InChI is InChI=1S/C10H19N3O3/c1-10(2,3)16-9(15)13-5-4-12-8(14)7(11)6-13/h7H,4-6,11H2,1-3H3,(H,12,14). The molecule has 0 radical (unpaired) electrons. The van der Waals surface area contributed by atoms with Gasteiger partial charge < -0.3 is 20.7 Å². The van der Waals surface area contributed by atoms with E-state index in [2.05, 4.69) is 5.32 Å². The quantitative estimate of drug-likeness (QED) is 0.596. The topological polar surface area (TPSA) is 84.7 Å². The van der Waals surface area contributed by atoms with Gasteiger partial charge in [0.1, 0.15) is 11.6 Å². The van der Waals surface area contributed by atoms with Crippen molar-refractivity contribution in [2.45, 2.75) is 32.4 Å². The van der Waals surface area contributed by atoms with Crippen molar-refractivity contribution in [3.05, 3.63) is 0 Å². The van der Waals surface area contributed by atoms with Crippen LogP contribution in [0.2, 0.25) is 0 Å². The van der Waals surface area contributed by atoms with Gasteiger partial charge in [0.2, 0.25) is 5.91 Å². The van der Waals surface area contributed by atoms with Crippen LogP contribution in [0, 0.1) is 0 Å². The van der Waals surface area contributed by atoms with Gasteiger partial charge in [0, 0.05) is 19.6 Å². The lowest BCUT2D eigenvalue weighted by molar-refractivity contribution is -0.121. The number of nitrogens with zero attached hydrogens (tertiary/aromatic N) is 1. The lowest BCUT2D eigenvalue weighted by Gasteiger charge is -2.26. The van der Waals surface area contributed by atoms with Crippen molar-refractivity contribution in [3.8, 4) is 0 Å². The number of nitrogens with two attached hydrogens (primary N) is 1. The fraction of sp³-hybridized carbons (Fsp3) is 0.800. The molecule has 0 aromatic carbocycles. The molecule has 1 unspecified atom stereocenters. The normalized spacial score (nSPS) is 22.4. The monoisotopic (exact) mass is 229 g/mol. The van der Waals surface area contributed by atoms with Crippen LogP contribution >= 0.6 is 0 Å². The largest absolute Gasteiger partial charge is 0.444 e. The number of amides is 2. The summed E-state index contributed by atoms with van der Waals surface area (Å²) in [7, 11) is 0. The van der Waals surface area contributed by atoms with Crippen molar-refractivity contribution in [2.24, 2.45) is 5.73 Å². The highest BCUT2D eigenvalue weighted by atomic mass is 16.6. The van der Waals surface area contributed by atoms with Crippen LogP contribution in [0.5, 0.6) is 0 Å². The molecule has 0 aliphatic carbocycles. The average molecular weight is 229 g/mol. The molecule has 1 saturated heterocycles. The van der Waals surface area contributed by atoms with Crippen LogP contribution < -0.4 is 11.1 Å². The van der Waals surface area contributed by atoms with E-state index in [4.69, 9.17) is 10.5 Å². The second-order valence-electron chi connectivity index (χ2n) is 4.82. The summed E-state index contributed by atoms with van der Waals surface area (Å²) in [4.78, 5) is 24.4. The van der Waals surface area contributed by atoms with E-state index in [0.29, 0.717) is 13.1 Å². The Labute approximate surface area is 95.1 Å². The van der Waals surface area contributed by atoms with Gasteiger partial charge in [-0.3, -0.25) is 4.79 Å². The summed E-state index contributed by atoms with van der Waals surface area (Å²) < 4.78 is 5.21. The third-order valence-corrected chi connectivity index (χ3v) is 2.09. The molecule has 1 aliphatic rings. The molecule has 1 atom stereocenters. The van der Waals surface area contributed by atoms with E-state index < -0.39 is 17.7 Å². The fourth-order valence-corrected chi connectivity index (χ4v) is 1.35. The second-order valence-corrected chi connectivity index (χ2v) is 4.82. The third-order valence-electron chi connectivity index (χ3n) is 2.09. The average Bonchev–Trinajstić information content (AvgIpc) is 2.27. The van der Waals surface area contributed by atoms with E-state index in [-0.39, 0.29) is 12.5 Å². The Hall–Kier alpha value is -1.30. The Morgan fingerprint density at radius 3 is 2.75 bits per heavy atom. The first-order valence-electron chi connectivity index (χ1n) is 5.31. The van der Waals surface area contributed by atoms with E-state index in [0.717, 1.165) is 0 Å². The Morgan fingerprint density at radius 1 is 1.56 bits per heavy atom. The minimum atomic E-state index is -0.685. The summed E-state index contributed by atoms with van der Waals surface area (Å²) in [5, 5.41) is 2.63. The molecule has 16 heavy (non-hydrogen) atoms. The first-order chi connectivity index (χ1) is 7.29. The van der Waals surface area contributed by atoms with Crippen LogP contribution in [0.15, 0.2) is 0 Å². The van der Waals surface area contributed by atoms with Gasteiger partial charge in [0.05, 0.1) is 0 Å². The van der Waals surface area contributed by atoms with Crippen molar-refractivity contribution >= 4 is 12.0 Å². The SMILES string of the molecule is CC(C)(C)OC(=O)N1CCNC(=O)C(N)C1. The van der Waals surface area contributed by atoms with Crippen LogP contribution in [0.4, 0.5) is 4.79 Å². The maximum Gasteiger partial charge on any atom is 0.410 e. The molecule has 92 valence electrons. The minimum absolute atomic E-state index is 0.195. The molecule has 1 fully saturated rings. The molecule has 1 rings (SSSR count). The molecule has 0 saturated carbocycles. The molecule has 0 aromatic rings. The van der Waals surface area contributed by atoms with Crippen LogP contribution in [-0.4, -0.2) is 48.2 Å². The van der Waals surface area contributed by atoms with Gasteiger partial charge in [-0.2, -0.15) is 0 Å². The van der Waals surface area contributed by atoms with Crippen molar-refractivity contribution in [2.75, 3.05) is 19.6 Å². The molecule has 1 aliphatic heterocycles. The van der Waals surface area contributed by atoms with Gasteiger partial charge in [-0.25, -0.2) is 4.79 Å². The molecule has 6 nitrogen and oxygen atoms in total. The van der Waals surface area contributed by atoms with Gasteiger partial charge in [-0.15, -0.1) is 0 Å². The minimum Gasteiger partial charge on any atom is -0.444 e. The van der Waals surface area contributed by atoms with E-state index >= 15 is 0 Å². The van der Waals surface area contributed by atoms with Crippen LogP contribution in [0.25, 0.3) is 0 Å². The predicted octanol–water partition coefficient (Wildman–Crippen LogP) is -0.319. The van der Waals surface area contributed by atoms with Gasteiger partial charge in [-0.1, -0.05) is 0 Å². The second kappa shape index (κ2) is 4.69. The van der Waals surface area contributed by atoms with Crippen LogP contribution in [0.1, 0.15) is 20.8 Å². The predicted molar refractivity (Wildman–Crippen MR) is 58.8 cm³/mol. The number of hydrogen-bond donors (Lipinski definition) is 2. The van der Waals surface area contributed by atoms with E-state index in [1.807, 2.05) is 0 Å². The Bertz CT molecular complexity index is 286. The van der Waals surface area contributed by atoms with Gasteiger partial charge in [0.15, 0.2) is 0 Å². The lowest BCUT2D eigenvalue weighted by Crippen LogP contribution is -2.46. The smallest absolute Gasteiger partial charge is 0.410 e. The zero-order valence-corrected chi connectivity index (χ0v) is 9.95. The fourth-order valence-electron chi connectivity index (χ4n) is 1.35. The van der Waals surface area contributed by atoms with Gasteiger partial charge >= 0.3 is 6.09 Å². The van der Waals surface area contributed by atoms with E-state index in [1.165, 1.54) is 4.90 Å². The summed E-state index contributed by atoms with van der Waals surface area (Å²) >= 11 is 0. The summed E-state index contributed by atoms with van der Waals surface area (Å²) in [5.41, 5.74) is 5.07. The zero-order valence-electron chi connectivity index (χ0n) is 9.95. The number of nitrogens with one attached hydrogen (secondary N) is 1. The molecule has 1 heterocycles. The Kier molecular flexibility index (Phi) is 3.74. The first-order valence-corrected chi connectivity index (χ1v) is 5.31. The highest BCUT2D eigenvalue weighted by Crippen LogP contribution is 2.10. The number of carbonyl (C=O) groups excluding carboxylic acids is 2. The Morgan fingerprint density at radius 2 is 2.19 bits per heavy atom. The van der Waals surface area contributed by atoms with Gasteiger partial charge in [0.25, 0.3) is 0 Å². The van der Waals surface area contributed by atoms with Gasteiger partial charge in [-0.05, 0) is 20.8 Å². The van der Waals surface area contributed by atoms with E-state index in [1.54, 1.807) is 20.8 Å². The Balaban J connectivity index is 2.59. The first kappa shape index (κ1) is 12.8. The highest BCUT2D eigenvalue weighted by Gasteiger charge is 2.27. The number of rotatable bonds is 0. The molecule has 0 aromatic heterocycles. The maximum atomic E-state index is 11.7. The summed E-state index contributed by atoms with van der Waals surface area (Å²) in [6, 6.07) is -0.685. The molecule has 2 amide bonds. The summed E-state index contributed by atoms with van der Waals surface area (Å²) in [6.45, 7) is 6.42. The third kappa shape index (κ3) is 3.69. The number of carbonyl (C=O) groups is 2. The molecule has 6 heteroatoms. The van der Waals surface area contributed by atoms with Crippen molar-refractivity contribution in [1.82, 2.24) is 10.2 Å². The molecular formula is C10H19N3O3. The van der Waals surface area contributed by atoms with E-state index in [9.17, 15) is 9.59 Å². The van der Waals surface area contributed by atoms with Crippen molar-refractivity contribution < 1.29 is 14.3 Å². The van der Waals surface area contributed by atoms with Crippen LogP contribution in [-0.2, 0) is 9.53 Å². The summed E-state index contributed by atoms with van der Waals surface area (Å²) in [5.74, 6) is -0.231. The van der Waals surface area contributed by atoms with Crippen molar-refractivity contribution in [3.63, 3.8) is 0 Å². The number of hydrogen-bond acceptors (Lipinski definition) is 4. The number of ether oxygens (including phenoxy) is 1. The molecular weight excluding hydrogens is 210 g/mol. The molecule has 0 spiro atoms. The maximum absolute atomic E-state index is 11.7. The highest BCUT2D eigenvalue weighted by molar-refractivity contribution is 5.83. The van der Waals surface area contributed by atoms with Crippen molar-refractivity contribution in [1.29, 1.82) is 0 Å². The van der Waals surface area contributed by atoms with Crippen LogP contribution in [0.3, 0.4) is 0 Å². The summed E-state index contributed by atoms with van der Waals surface area (Å²) in [6.07, 6.45) is -0.431. The lowest BCUT2D eigenvalue weighted by atomic mass is 10.2. The molecule has 3 N–H and O–H groups in total. The molecule has 0 bridgehead atoms.